The van der Waals surface area contributed by atoms with Crippen LogP contribution in [-0.2, 0) is 0 Å². The van der Waals surface area contributed by atoms with Crippen molar-refractivity contribution < 1.29 is 9.18 Å². The highest BCUT2D eigenvalue weighted by Crippen LogP contribution is 2.27. The summed E-state index contributed by atoms with van der Waals surface area (Å²) in [5.41, 5.74) is 0.911. The van der Waals surface area contributed by atoms with Gasteiger partial charge in [0.05, 0.1) is 11.1 Å². The maximum atomic E-state index is 14.0. The van der Waals surface area contributed by atoms with E-state index in [-0.39, 0.29) is 16.5 Å². The van der Waals surface area contributed by atoms with Crippen molar-refractivity contribution in [2.24, 2.45) is 0 Å². The molecular formula is C19H15BrClFN4O. The van der Waals surface area contributed by atoms with Gasteiger partial charge in [0.2, 0.25) is 0 Å². The van der Waals surface area contributed by atoms with Crippen molar-refractivity contribution in [3.8, 4) is 0 Å². The van der Waals surface area contributed by atoms with Crippen LogP contribution in [-0.4, -0.2) is 47.0 Å². The topological polar surface area (TPSA) is 49.3 Å². The number of aromatic nitrogens is 2. The lowest BCUT2D eigenvalue weighted by molar-refractivity contribution is 0.0742. The van der Waals surface area contributed by atoms with E-state index in [4.69, 9.17) is 11.6 Å². The van der Waals surface area contributed by atoms with Gasteiger partial charge >= 0.3 is 0 Å². The number of carbonyl (C=O) groups excluding carboxylic acids is 1. The van der Waals surface area contributed by atoms with E-state index in [2.05, 4.69) is 30.8 Å². The summed E-state index contributed by atoms with van der Waals surface area (Å²) in [7, 11) is 0. The van der Waals surface area contributed by atoms with E-state index in [1.165, 1.54) is 12.1 Å². The molecule has 0 aliphatic carbocycles. The molecule has 0 unspecified atom stereocenters. The Morgan fingerprint density at radius 3 is 2.59 bits per heavy atom. The molecule has 0 saturated carbocycles. The average Bonchev–Trinajstić information content (AvgIpc) is 2.67. The molecule has 5 nitrogen and oxygen atoms in total. The first-order valence-corrected chi connectivity index (χ1v) is 9.59. The molecule has 3 aromatic rings. The molecule has 0 N–H and O–H groups in total. The Balaban J connectivity index is 1.52. The smallest absolute Gasteiger partial charge is 0.256 e. The first-order chi connectivity index (χ1) is 13.0. The minimum absolute atomic E-state index is 0.0456. The number of rotatable bonds is 2. The molecule has 0 radical (unpaired) electrons. The van der Waals surface area contributed by atoms with Gasteiger partial charge in [0.15, 0.2) is 0 Å². The fourth-order valence-electron chi connectivity index (χ4n) is 3.22. The van der Waals surface area contributed by atoms with Gasteiger partial charge in [-0.3, -0.25) is 4.79 Å². The molecule has 8 heteroatoms. The third-order valence-electron chi connectivity index (χ3n) is 4.60. The number of hydrogen-bond acceptors (Lipinski definition) is 4. The Labute approximate surface area is 168 Å². The van der Waals surface area contributed by atoms with Crippen LogP contribution in [0.15, 0.2) is 47.2 Å². The first-order valence-electron chi connectivity index (χ1n) is 8.42. The summed E-state index contributed by atoms with van der Waals surface area (Å²) in [5, 5.41) is 1.23. The van der Waals surface area contributed by atoms with Crippen molar-refractivity contribution in [1.29, 1.82) is 0 Å². The van der Waals surface area contributed by atoms with Gasteiger partial charge in [0.25, 0.3) is 5.91 Å². The molecule has 4 rings (SSSR count). The normalized spacial score (nSPS) is 14.6. The van der Waals surface area contributed by atoms with Gasteiger partial charge < -0.3 is 9.80 Å². The zero-order chi connectivity index (χ0) is 19.0. The Morgan fingerprint density at radius 1 is 1.07 bits per heavy atom. The summed E-state index contributed by atoms with van der Waals surface area (Å²) >= 11 is 9.25. The van der Waals surface area contributed by atoms with Gasteiger partial charge in [-0.05, 0) is 36.4 Å². The van der Waals surface area contributed by atoms with Crippen molar-refractivity contribution in [3.63, 3.8) is 0 Å². The van der Waals surface area contributed by atoms with Crippen molar-refractivity contribution in [3.05, 3.63) is 63.6 Å². The third kappa shape index (κ3) is 3.61. The van der Waals surface area contributed by atoms with Gasteiger partial charge in [0.1, 0.15) is 18.0 Å². The van der Waals surface area contributed by atoms with Gasteiger partial charge in [0, 0.05) is 41.1 Å². The van der Waals surface area contributed by atoms with E-state index < -0.39 is 5.82 Å². The number of carbonyl (C=O) groups is 1. The van der Waals surface area contributed by atoms with E-state index >= 15 is 0 Å². The minimum Gasteiger partial charge on any atom is -0.352 e. The monoisotopic (exact) mass is 448 g/mol. The lowest BCUT2D eigenvalue weighted by Gasteiger charge is -2.35. The van der Waals surface area contributed by atoms with Crippen LogP contribution in [0.1, 0.15) is 10.4 Å². The van der Waals surface area contributed by atoms with E-state index in [0.29, 0.717) is 26.2 Å². The summed E-state index contributed by atoms with van der Waals surface area (Å²) in [6, 6.07) is 9.99. The van der Waals surface area contributed by atoms with Gasteiger partial charge in [-0.2, -0.15) is 0 Å². The maximum Gasteiger partial charge on any atom is 0.256 e. The summed E-state index contributed by atoms with van der Waals surface area (Å²) in [5.74, 6) is -0.0771. The quantitative estimate of drug-likeness (QED) is 0.590. The fourth-order valence-corrected chi connectivity index (χ4v) is 3.74. The van der Waals surface area contributed by atoms with Crippen molar-refractivity contribution in [2.45, 2.75) is 0 Å². The zero-order valence-corrected chi connectivity index (χ0v) is 16.5. The number of benzene rings is 2. The van der Waals surface area contributed by atoms with E-state index in [9.17, 15) is 9.18 Å². The molecule has 1 fully saturated rings. The zero-order valence-electron chi connectivity index (χ0n) is 14.2. The molecule has 2 heterocycles. The Bertz CT molecular complexity index is 1020. The van der Waals surface area contributed by atoms with Crippen LogP contribution in [0.4, 0.5) is 10.2 Å². The highest BCUT2D eigenvalue weighted by atomic mass is 79.9. The fraction of sp³-hybridized carbons (Fsp3) is 0.211. The van der Waals surface area contributed by atoms with E-state index in [0.717, 1.165) is 27.3 Å². The molecule has 1 aliphatic rings. The SMILES string of the molecule is O=C(c1ccc(Cl)cc1F)N1CCN(c2ncnc3ccc(Br)cc23)CC1. The first kappa shape index (κ1) is 18.1. The third-order valence-corrected chi connectivity index (χ3v) is 5.33. The van der Waals surface area contributed by atoms with Gasteiger partial charge in [-0.25, -0.2) is 14.4 Å². The largest absolute Gasteiger partial charge is 0.352 e. The molecule has 0 spiro atoms. The Hall–Kier alpha value is -2.25. The van der Waals surface area contributed by atoms with E-state index in [1.807, 2.05) is 18.2 Å². The van der Waals surface area contributed by atoms with Crippen molar-refractivity contribution >= 4 is 50.2 Å². The number of halogens is 3. The van der Waals surface area contributed by atoms with Gasteiger partial charge in [-0.1, -0.05) is 27.5 Å². The molecule has 138 valence electrons. The summed E-state index contributed by atoms with van der Waals surface area (Å²) in [4.78, 5) is 25.1. The van der Waals surface area contributed by atoms with Crippen LogP contribution in [0.5, 0.6) is 0 Å². The summed E-state index contributed by atoms with van der Waals surface area (Å²) < 4.78 is 15.0. The number of hydrogen-bond donors (Lipinski definition) is 0. The highest BCUT2D eigenvalue weighted by molar-refractivity contribution is 9.10. The van der Waals surface area contributed by atoms with Crippen LogP contribution in [0, 0.1) is 5.82 Å². The second kappa shape index (κ2) is 7.40. The highest BCUT2D eigenvalue weighted by Gasteiger charge is 2.25. The Morgan fingerprint density at radius 2 is 1.85 bits per heavy atom. The second-order valence-electron chi connectivity index (χ2n) is 6.26. The Kier molecular flexibility index (Phi) is 4.97. The summed E-state index contributed by atoms with van der Waals surface area (Å²) in [6.45, 7) is 2.19. The number of nitrogens with zero attached hydrogens (tertiary/aromatic N) is 4. The van der Waals surface area contributed by atoms with Crippen molar-refractivity contribution in [1.82, 2.24) is 14.9 Å². The lowest BCUT2D eigenvalue weighted by Crippen LogP contribution is -2.49. The molecule has 27 heavy (non-hydrogen) atoms. The van der Waals surface area contributed by atoms with Crippen LogP contribution in [0.3, 0.4) is 0 Å². The predicted octanol–water partition coefficient (Wildman–Crippen LogP) is 4.15. The minimum atomic E-state index is -0.596. The number of piperazine rings is 1. The van der Waals surface area contributed by atoms with Crippen molar-refractivity contribution in [2.75, 3.05) is 31.1 Å². The second-order valence-corrected chi connectivity index (χ2v) is 7.61. The van der Waals surface area contributed by atoms with Crippen LogP contribution in [0.25, 0.3) is 10.9 Å². The number of fused-ring (bicyclic) bond motifs is 1. The standard InChI is InChI=1S/C19H15BrClFN4O/c20-12-1-4-17-15(9-12)18(24-11-23-17)25-5-7-26(8-6-25)19(27)14-3-2-13(21)10-16(14)22/h1-4,9-11H,5-8H2. The molecule has 1 amide bonds. The van der Waals surface area contributed by atoms with Crippen LogP contribution < -0.4 is 4.90 Å². The van der Waals surface area contributed by atoms with Gasteiger partial charge in [-0.15, -0.1) is 0 Å². The lowest BCUT2D eigenvalue weighted by atomic mass is 10.1. The molecule has 1 aromatic heterocycles. The summed E-state index contributed by atoms with van der Waals surface area (Å²) in [6.07, 6.45) is 1.55. The van der Waals surface area contributed by atoms with Crippen LogP contribution >= 0.6 is 27.5 Å². The number of amides is 1. The predicted molar refractivity (Wildman–Crippen MR) is 107 cm³/mol. The van der Waals surface area contributed by atoms with E-state index in [1.54, 1.807) is 11.2 Å². The molecular weight excluding hydrogens is 435 g/mol. The molecule has 2 aromatic carbocycles. The average molecular weight is 450 g/mol. The van der Waals surface area contributed by atoms with Crippen LogP contribution in [0.2, 0.25) is 5.02 Å². The molecule has 1 saturated heterocycles. The number of anilines is 1. The molecule has 0 bridgehead atoms. The maximum absolute atomic E-state index is 14.0. The molecule has 1 aliphatic heterocycles. The molecule has 0 atom stereocenters.